The van der Waals surface area contributed by atoms with Crippen LogP contribution in [0.3, 0.4) is 0 Å². The van der Waals surface area contributed by atoms with Gasteiger partial charge < -0.3 is 10.2 Å². The molecule has 5 nitrogen and oxygen atoms in total. The number of rotatable bonds is 5. The third kappa shape index (κ3) is 3.16. The van der Waals surface area contributed by atoms with Crippen molar-refractivity contribution in [3.63, 3.8) is 0 Å². The number of nitrogens with zero attached hydrogens (tertiary/aromatic N) is 2. The largest absolute Gasteiger partial charge is 0.471 e. The molecule has 96 valence electrons. The zero-order chi connectivity index (χ0) is 13.1. The van der Waals surface area contributed by atoms with Gasteiger partial charge in [0, 0.05) is 0 Å². The van der Waals surface area contributed by atoms with Crippen LogP contribution in [0.2, 0.25) is 0 Å². The Labute approximate surface area is 94.0 Å². The lowest BCUT2D eigenvalue weighted by Gasteiger charge is -2.16. The van der Waals surface area contributed by atoms with Gasteiger partial charge in [0.2, 0.25) is 5.88 Å². The zero-order valence-electron chi connectivity index (χ0n) is 8.75. The molecule has 0 saturated carbocycles. The predicted octanol–water partition coefficient (Wildman–Crippen LogP) is 1.35. The minimum absolute atomic E-state index is 0.162. The fourth-order valence-electron chi connectivity index (χ4n) is 0.953. The number of hydrogen-bond acceptors (Lipinski definition) is 5. The Balaban J connectivity index is 2.76. The zero-order valence-corrected chi connectivity index (χ0v) is 8.75. The minimum Gasteiger partial charge on any atom is -0.471 e. The molecule has 0 amide bonds. The van der Waals surface area contributed by atoms with Gasteiger partial charge in [-0.3, -0.25) is 0 Å². The second-order valence-electron chi connectivity index (χ2n) is 3.15. The summed E-state index contributed by atoms with van der Waals surface area (Å²) in [4.78, 5) is 7.22. The molecule has 1 heterocycles. The van der Waals surface area contributed by atoms with Crippen molar-refractivity contribution in [2.75, 3.05) is 12.0 Å². The molecule has 0 aromatic carbocycles. The number of hydrogen-bond donors (Lipinski definition) is 2. The van der Waals surface area contributed by atoms with E-state index in [1.54, 1.807) is 0 Å². The Hall–Kier alpha value is -1.64. The Morgan fingerprint density at radius 2 is 2.12 bits per heavy atom. The van der Waals surface area contributed by atoms with Crippen LogP contribution in [0.4, 0.5) is 23.4 Å². The first-order valence-corrected chi connectivity index (χ1v) is 4.45. The first-order valence-electron chi connectivity index (χ1n) is 4.45. The Bertz CT molecular complexity index is 388. The monoisotopic (exact) mass is 254 g/mol. The Morgan fingerprint density at radius 1 is 1.47 bits per heavy atom. The van der Waals surface area contributed by atoms with Gasteiger partial charge in [-0.1, -0.05) is 0 Å². The molecule has 1 rings (SSSR count). The van der Waals surface area contributed by atoms with Crippen LogP contribution in [0.5, 0.6) is 5.88 Å². The lowest BCUT2D eigenvalue weighted by atomic mass is 10.3. The maximum absolute atomic E-state index is 12.6. The van der Waals surface area contributed by atoms with Gasteiger partial charge in [-0.25, -0.2) is 24.6 Å². The standard InChI is InChI=1S/C8H10F4N4O/c1-4-5(16-13)14-3-15-6(4)17-2-8(11,12)7(9)10/h3,7H,2,13H2,1H3,(H,14,15,16). The highest BCUT2D eigenvalue weighted by Crippen LogP contribution is 2.25. The minimum atomic E-state index is -4.23. The molecular formula is C8H10F4N4O. The van der Waals surface area contributed by atoms with E-state index in [1.165, 1.54) is 6.92 Å². The molecule has 0 aliphatic carbocycles. The van der Waals surface area contributed by atoms with E-state index in [4.69, 9.17) is 5.84 Å². The van der Waals surface area contributed by atoms with Crippen molar-refractivity contribution in [3.05, 3.63) is 11.9 Å². The molecule has 0 spiro atoms. The van der Waals surface area contributed by atoms with Crippen molar-refractivity contribution < 1.29 is 22.3 Å². The van der Waals surface area contributed by atoms with Crippen LogP contribution in [0, 0.1) is 6.92 Å². The Morgan fingerprint density at radius 3 is 2.65 bits per heavy atom. The van der Waals surface area contributed by atoms with E-state index in [-0.39, 0.29) is 17.3 Å². The van der Waals surface area contributed by atoms with Crippen molar-refractivity contribution in [1.29, 1.82) is 0 Å². The number of halogens is 4. The van der Waals surface area contributed by atoms with Crippen LogP contribution < -0.4 is 16.0 Å². The molecular weight excluding hydrogens is 244 g/mol. The van der Waals surface area contributed by atoms with Crippen molar-refractivity contribution in [2.45, 2.75) is 19.3 Å². The van der Waals surface area contributed by atoms with Crippen molar-refractivity contribution in [3.8, 4) is 5.88 Å². The van der Waals surface area contributed by atoms with E-state index in [1.807, 2.05) is 0 Å². The lowest BCUT2D eigenvalue weighted by molar-refractivity contribution is -0.148. The summed E-state index contributed by atoms with van der Waals surface area (Å²) in [6.07, 6.45) is -2.78. The summed E-state index contributed by atoms with van der Waals surface area (Å²) < 4.78 is 53.4. The number of hydrazine groups is 1. The van der Waals surface area contributed by atoms with Crippen LogP contribution in [0.15, 0.2) is 6.33 Å². The summed E-state index contributed by atoms with van der Waals surface area (Å²) in [7, 11) is 0. The molecule has 0 radical (unpaired) electrons. The molecule has 0 aliphatic heterocycles. The number of nitrogens with two attached hydrogens (primary N) is 1. The SMILES string of the molecule is Cc1c(NN)ncnc1OCC(F)(F)C(F)F. The lowest BCUT2D eigenvalue weighted by Crippen LogP contribution is -2.34. The number of aromatic nitrogens is 2. The summed E-state index contributed by atoms with van der Waals surface area (Å²) in [5, 5.41) is 0. The first-order chi connectivity index (χ1) is 7.88. The van der Waals surface area contributed by atoms with Gasteiger partial charge >= 0.3 is 12.3 Å². The number of alkyl halides is 4. The average Bonchev–Trinajstić information content (AvgIpc) is 2.27. The van der Waals surface area contributed by atoms with Gasteiger partial charge in [-0.15, -0.1) is 0 Å². The highest BCUT2D eigenvalue weighted by Gasteiger charge is 2.42. The van der Waals surface area contributed by atoms with Crippen molar-refractivity contribution >= 4 is 5.82 Å². The molecule has 0 atom stereocenters. The molecule has 0 bridgehead atoms. The van der Waals surface area contributed by atoms with Crippen LogP contribution in [0.25, 0.3) is 0 Å². The third-order valence-electron chi connectivity index (χ3n) is 1.90. The molecule has 0 unspecified atom stereocenters. The van der Waals surface area contributed by atoms with Crippen LogP contribution in [-0.2, 0) is 0 Å². The molecule has 1 aromatic heterocycles. The summed E-state index contributed by atoms with van der Waals surface area (Å²) >= 11 is 0. The quantitative estimate of drug-likeness (QED) is 0.471. The number of ether oxygens (including phenoxy) is 1. The van der Waals surface area contributed by atoms with Crippen molar-refractivity contribution in [1.82, 2.24) is 9.97 Å². The summed E-state index contributed by atoms with van der Waals surface area (Å²) in [6, 6.07) is 0. The second kappa shape index (κ2) is 5.13. The summed E-state index contributed by atoms with van der Waals surface area (Å²) in [5.74, 6) is 0.791. The molecule has 0 aliphatic rings. The van der Waals surface area contributed by atoms with Gasteiger partial charge in [0.05, 0.1) is 5.56 Å². The molecule has 9 heteroatoms. The highest BCUT2D eigenvalue weighted by molar-refractivity contribution is 5.46. The number of nitrogen functional groups attached to an aromatic ring is 1. The van der Waals surface area contributed by atoms with Crippen LogP contribution in [-0.4, -0.2) is 28.9 Å². The smallest absolute Gasteiger partial charge is 0.340 e. The van der Waals surface area contributed by atoms with Gasteiger partial charge in [-0.05, 0) is 6.92 Å². The summed E-state index contributed by atoms with van der Waals surface area (Å²) in [5.41, 5.74) is 2.44. The third-order valence-corrected chi connectivity index (χ3v) is 1.90. The molecule has 3 N–H and O–H groups in total. The topological polar surface area (TPSA) is 73.1 Å². The number of anilines is 1. The fourth-order valence-corrected chi connectivity index (χ4v) is 0.953. The van der Waals surface area contributed by atoms with Crippen LogP contribution in [0.1, 0.15) is 5.56 Å². The Kier molecular flexibility index (Phi) is 4.05. The second-order valence-corrected chi connectivity index (χ2v) is 3.15. The molecule has 0 saturated heterocycles. The average molecular weight is 254 g/mol. The summed E-state index contributed by atoms with van der Waals surface area (Å²) in [6.45, 7) is -0.0163. The number of nitrogens with one attached hydrogen (secondary N) is 1. The predicted molar refractivity (Wildman–Crippen MR) is 51.0 cm³/mol. The van der Waals surface area contributed by atoms with Gasteiger partial charge in [0.25, 0.3) is 0 Å². The van der Waals surface area contributed by atoms with E-state index in [0.29, 0.717) is 0 Å². The normalized spacial score (nSPS) is 11.7. The van der Waals surface area contributed by atoms with E-state index >= 15 is 0 Å². The molecule has 17 heavy (non-hydrogen) atoms. The van der Waals surface area contributed by atoms with Crippen LogP contribution >= 0.6 is 0 Å². The molecule has 0 fully saturated rings. The van der Waals surface area contributed by atoms with E-state index in [0.717, 1.165) is 6.33 Å². The fraction of sp³-hybridized carbons (Fsp3) is 0.500. The van der Waals surface area contributed by atoms with Crippen molar-refractivity contribution in [2.24, 2.45) is 5.84 Å². The van der Waals surface area contributed by atoms with Gasteiger partial charge in [-0.2, -0.15) is 8.78 Å². The van der Waals surface area contributed by atoms with Gasteiger partial charge in [0.15, 0.2) is 6.61 Å². The maximum atomic E-state index is 12.6. The highest BCUT2D eigenvalue weighted by atomic mass is 19.3. The van der Waals surface area contributed by atoms with Gasteiger partial charge in [0.1, 0.15) is 12.1 Å². The van der Waals surface area contributed by atoms with E-state index in [9.17, 15) is 17.6 Å². The van der Waals surface area contributed by atoms with E-state index < -0.39 is 19.0 Å². The van der Waals surface area contributed by atoms with E-state index in [2.05, 4.69) is 20.1 Å². The molecule has 1 aromatic rings. The maximum Gasteiger partial charge on any atom is 0.340 e. The first kappa shape index (κ1) is 13.4.